The first kappa shape index (κ1) is 19.4. The van der Waals surface area contributed by atoms with Crippen LogP contribution in [0.4, 0.5) is 11.4 Å². The first-order chi connectivity index (χ1) is 14.6. The third kappa shape index (κ3) is 4.40. The van der Waals surface area contributed by atoms with Gasteiger partial charge in [-0.25, -0.2) is 0 Å². The Bertz CT molecular complexity index is 1160. The summed E-state index contributed by atoms with van der Waals surface area (Å²) in [4.78, 5) is 25.6. The van der Waals surface area contributed by atoms with Gasteiger partial charge in [0.25, 0.3) is 5.91 Å². The Morgan fingerprint density at radius 2 is 1.90 bits per heavy atom. The van der Waals surface area contributed by atoms with Crippen molar-refractivity contribution in [3.05, 3.63) is 82.6 Å². The van der Waals surface area contributed by atoms with Crippen molar-refractivity contribution in [1.82, 2.24) is 0 Å². The van der Waals surface area contributed by atoms with E-state index < -0.39 is 11.9 Å². The number of nitrogens with two attached hydrogens (primary N) is 1. The Kier molecular flexibility index (Phi) is 5.59. The number of thiophene rings is 1. The third-order valence-corrected chi connectivity index (χ3v) is 5.28. The third-order valence-electron chi connectivity index (χ3n) is 4.49. The van der Waals surface area contributed by atoms with Crippen LogP contribution in [0.2, 0.25) is 0 Å². The fourth-order valence-electron chi connectivity index (χ4n) is 3.05. The van der Waals surface area contributed by atoms with Crippen LogP contribution in [0.25, 0.3) is 0 Å². The van der Waals surface area contributed by atoms with Crippen molar-refractivity contribution < 1.29 is 9.59 Å². The van der Waals surface area contributed by atoms with Gasteiger partial charge in [-0.2, -0.15) is 5.10 Å². The summed E-state index contributed by atoms with van der Waals surface area (Å²) in [6.45, 7) is 0. The molecule has 0 radical (unpaired) electrons. The number of amides is 2. The number of nitrogens with one attached hydrogen (secondary N) is 1. The van der Waals surface area contributed by atoms with Crippen LogP contribution in [0.5, 0.6) is 0 Å². The maximum absolute atomic E-state index is 12.8. The zero-order valence-electron chi connectivity index (χ0n) is 15.9. The minimum atomic E-state index is -0.698. The minimum absolute atomic E-state index is 0.147. The lowest BCUT2D eigenvalue weighted by Crippen LogP contribution is -2.39. The molecular weight excluding hydrogens is 396 g/mol. The second-order valence-electron chi connectivity index (χ2n) is 6.61. The zero-order valence-corrected chi connectivity index (χ0v) is 16.7. The van der Waals surface area contributed by atoms with Crippen molar-refractivity contribution in [2.75, 3.05) is 10.3 Å². The van der Waals surface area contributed by atoms with Crippen LogP contribution < -0.4 is 16.1 Å². The maximum Gasteiger partial charge on any atom is 0.271 e. The molecule has 7 heteroatoms. The fraction of sp³-hybridized carbons (Fsp3) is 0.0870. The van der Waals surface area contributed by atoms with Crippen molar-refractivity contribution >= 4 is 40.2 Å². The molecule has 6 nitrogen and oxygen atoms in total. The summed E-state index contributed by atoms with van der Waals surface area (Å²) in [5, 5.41) is 10.7. The Labute approximate surface area is 178 Å². The van der Waals surface area contributed by atoms with Crippen molar-refractivity contribution in [1.29, 1.82) is 0 Å². The van der Waals surface area contributed by atoms with E-state index in [1.165, 1.54) is 5.01 Å². The number of primary amides is 1. The first-order valence-electron chi connectivity index (χ1n) is 9.28. The quantitative estimate of drug-likeness (QED) is 0.643. The van der Waals surface area contributed by atoms with E-state index in [-0.39, 0.29) is 18.0 Å². The minimum Gasteiger partial charge on any atom is -0.368 e. The monoisotopic (exact) mass is 414 g/mol. The van der Waals surface area contributed by atoms with Crippen LogP contribution in [0.1, 0.15) is 16.9 Å². The smallest absolute Gasteiger partial charge is 0.271 e. The normalized spacial score (nSPS) is 15.1. The Morgan fingerprint density at radius 3 is 2.63 bits per heavy atom. The van der Waals surface area contributed by atoms with Gasteiger partial charge >= 0.3 is 0 Å². The number of nitrogens with zero attached hydrogens (tertiary/aromatic N) is 2. The molecule has 1 aliphatic heterocycles. The van der Waals surface area contributed by atoms with E-state index in [9.17, 15) is 9.59 Å². The van der Waals surface area contributed by atoms with Crippen molar-refractivity contribution in [3.8, 4) is 11.8 Å². The molecule has 0 saturated carbocycles. The van der Waals surface area contributed by atoms with Gasteiger partial charge in [-0.3, -0.25) is 14.6 Å². The van der Waals surface area contributed by atoms with E-state index in [0.717, 1.165) is 10.4 Å². The summed E-state index contributed by atoms with van der Waals surface area (Å²) in [6.07, 6.45) is 0.147. The highest BCUT2D eigenvalue weighted by molar-refractivity contribution is 7.10. The highest BCUT2D eigenvalue weighted by Gasteiger charge is 2.34. The Hall–Kier alpha value is -3.89. The Morgan fingerprint density at radius 1 is 1.07 bits per heavy atom. The molecule has 2 aromatic carbocycles. The number of hydrogen-bond acceptors (Lipinski definition) is 5. The predicted molar refractivity (Wildman–Crippen MR) is 119 cm³/mol. The van der Waals surface area contributed by atoms with E-state index in [1.54, 1.807) is 23.5 Å². The van der Waals surface area contributed by atoms with Gasteiger partial charge in [0.1, 0.15) is 11.8 Å². The number of rotatable bonds is 4. The van der Waals surface area contributed by atoms with Crippen LogP contribution in [0.3, 0.4) is 0 Å². The summed E-state index contributed by atoms with van der Waals surface area (Å²) >= 11 is 1.57. The fourth-order valence-corrected chi connectivity index (χ4v) is 3.62. The topological polar surface area (TPSA) is 87.8 Å². The lowest BCUT2D eigenvalue weighted by atomic mass is 10.1. The molecule has 4 rings (SSSR count). The van der Waals surface area contributed by atoms with E-state index in [0.29, 0.717) is 11.4 Å². The molecule has 148 valence electrons. The van der Waals surface area contributed by atoms with Crippen molar-refractivity contribution in [2.45, 2.75) is 12.5 Å². The lowest BCUT2D eigenvalue weighted by Gasteiger charge is -2.20. The first-order valence-corrected chi connectivity index (χ1v) is 10.2. The number of hydrogen-bond donors (Lipinski definition) is 2. The molecule has 1 aliphatic rings. The lowest BCUT2D eigenvalue weighted by molar-refractivity contribution is -0.119. The van der Waals surface area contributed by atoms with Crippen molar-refractivity contribution in [3.63, 3.8) is 0 Å². The number of anilines is 2. The summed E-state index contributed by atoms with van der Waals surface area (Å²) in [6, 6.07) is 19.7. The van der Waals surface area contributed by atoms with Gasteiger partial charge < -0.3 is 11.1 Å². The molecule has 0 spiro atoms. The van der Waals surface area contributed by atoms with Gasteiger partial charge in [-0.05, 0) is 41.8 Å². The molecule has 0 fully saturated rings. The summed E-state index contributed by atoms with van der Waals surface area (Å²) in [5.74, 6) is 5.28. The molecule has 0 saturated heterocycles. The van der Waals surface area contributed by atoms with Gasteiger partial charge in [0.15, 0.2) is 0 Å². The van der Waals surface area contributed by atoms with Gasteiger partial charge in [0, 0.05) is 17.7 Å². The standard InChI is InChI=1S/C23H18N4O2S/c24-22(28)21-15-20(26-27(21)18-8-2-1-3-9-18)23(29)25-17-7-4-6-16(14-17)11-12-19-10-5-13-30-19/h1-10,13-14,21H,15H2,(H2,24,28)(H,25,29). The van der Waals surface area contributed by atoms with Crippen LogP contribution >= 0.6 is 11.3 Å². The molecule has 1 aromatic heterocycles. The van der Waals surface area contributed by atoms with Crippen molar-refractivity contribution in [2.24, 2.45) is 10.8 Å². The highest BCUT2D eigenvalue weighted by Crippen LogP contribution is 2.24. The van der Waals surface area contributed by atoms with Crippen LogP contribution in [-0.2, 0) is 9.59 Å². The molecule has 3 N–H and O–H groups in total. The van der Waals surface area contributed by atoms with E-state index >= 15 is 0 Å². The molecule has 0 bridgehead atoms. The zero-order chi connectivity index (χ0) is 20.9. The second-order valence-corrected chi connectivity index (χ2v) is 7.56. The summed E-state index contributed by atoms with van der Waals surface area (Å²) in [7, 11) is 0. The number of para-hydroxylation sites is 1. The van der Waals surface area contributed by atoms with Gasteiger partial charge in [-0.1, -0.05) is 42.2 Å². The van der Waals surface area contributed by atoms with E-state index in [4.69, 9.17) is 5.73 Å². The average molecular weight is 414 g/mol. The molecule has 30 heavy (non-hydrogen) atoms. The molecule has 3 aromatic rings. The number of carbonyl (C=O) groups is 2. The van der Waals surface area contributed by atoms with Gasteiger partial charge in [0.05, 0.1) is 10.6 Å². The molecule has 0 aliphatic carbocycles. The number of benzene rings is 2. The summed E-state index contributed by atoms with van der Waals surface area (Å²) in [5.41, 5.74) is 7.88. The van der Waals surface area contributed by atoms with Crippen LogP contribution in [0.15, 0.2) is 77.2 Å². The SMILES string of the molecule is NC(=O)C1CC(C(=O)Nc2cccc(C#Cc3cccs3)c2)=NN1c1ccccc1. The van der Waals surface area contributed by atoms with E-state index in [1.807, 2.05) is 60.0 Å². The highest BCUT2D eigenvalue weighted by atomic mass is 32.1. The predicted octanol–water partition coefficient (Wildman–Crippen LogP) is 3.21. The maximum atomic E-state index is 12.8. The molecule has 2 heterocycles. The van der Waals surface area contributed by atoms with Gasteiger partial charge in [-0.15, -0.1) is 11.3 Å². The second kappa shape index (κ2) is 8.64. The van der Waals surface area contributed by atoms with Crippen LogP contribution in [-0.4, -0.2) is 23.6 Å². The largest absolute Gasteiger partial charge is 0.368 e. The Balaban J connectivity index is 1.51. The van der Waals surface area contributed by atoms with Crippen LogP contribution in [0, 0.1) is 11.8 Å². The number of hydrazone groups is 1. The molecular formula is C23H18N4O2S. The molecule has 1 atom stereocenters. The number of carbonyl (C=O) groups excluding carboxylic acids is 2. The van der Waals surface area contributed by atoms with Gasteiger partial charge in [0.2, 0.25) is 5.91 Å². The molecule has 2 amide bonds. The average Bonchev–Trinajstić information content (AvgIpc) is 3.43. The van der Waals surface area contributed by atoms with E-state index in [2.05, 4.69) is 22.3 Å². The summed E-state index contributed by atoms with van der Waals surface area (Å²) < 4.78 is 0. The molecule has 1 unspecified atom stereocenters.